The first-order valence-electron chi connectivity index (χ1n) is 5.45. The monoisotopic (exact) mass is 232 g/mol. The van der Waals surface area contributed by atoms with Gasteiger partial charge in [-0.05, 0) is 12.1 Å². The van der Waals surface area contributed by atoms with E-state index in [0.29, 0.717) is 37.0 Å². The number of hydrogen-bond donors (Lipinski definition) is 1. The number of likely N-dealkylation sites (tertiary alicyclic amines) is 1. The van der Waals surface area contributed by atoms with Gasteiger partial charge in [-0.25, -0.2) is 0 Å². The van der Waals surface area contributed by atoms with Crippen LogP contribution in [-0.2, 0) is 6.54 Å². The van der Waals surface area contributed by atoms with E-state index in [1.54, 1.807) is 6.20 Å². The molecule has 1 fully saturated rings. The lowest BCUT2D eigenvalue weighted by atomic mass is 10.2. The molecule has 0 bridgehead atoms. The molecular formula is C11H12N4O2. The summed E-state index contributed by atoms with van der Waals surface area (Å²) in [6, 6.07) is 5.55. The van der Waals surface area contributed by atoms with Crippen LogP contribution in [-0.4, -0.2) is 44.3 Å². The van der Waals surface area contributed by atoms with E-state index in [0.717, 1.165) is 0 Å². The van der Waals surface area contributed by atoms with Gasteiger partial charge in [-0.15, -0.1) is 0 Å². The number of hydrogen-bond acceptors (Lipinski definition) is 6. The second kappa shape index (κ2) is 4.23. The van der Waals surface area contributed by atoms with Gasteiger partial charge in [0.05, 0.1) is 12.6 Å². The van der Waals surface area contributed by atoms with Gasteiger partial charge in [-0.3, -0.25) is 9.88 Å². The summed E-state index contributed by atoms with van der Waals surface area (Å²) in [6.45, 7) is 1.92. The number of aromatic nitrogens is 3. The lowest BCUT2D eigenvalue weighted by Gasteiger charge is -2.34. The molecule has 2 aromatic rings. The van der Waals surface area contributed by atoms with Gasteiger partial charge in [0.1, 0.15) is 5.69 Å². The highest BCUT2D eigenvalue weighted by atomic mass is 16.5. The van der Waals surface area contributed by atoms with Crippen LogP contribution in [0.1, 0.15) is 5.89 Å². The minimum absolute atomic E-state index is 0.215. The Morgan fingerprint density at radius 1 is 1.41 bits per heavy atom. The van der Waals surface area contributed by atoms with E-state index in [2.05, 4.69) is 15.1 Å². The molecule has 1 aliphatic rings. The zero-order valence-electron chi connectivity index (χ0n) is 9.15. The number of aliphatic hydroxyl groups is 1. The fraction of sp³-hybridized carbons (Fsp3) is 0.364. The van der Waals surface area contributed by atoms with Gasteiger partial charge in [0.15, 0.2) is 0 Å². The summed E-state index contributed by atoms with van der Waals surface area (Å²) in [6.07, 6.45) is 1.48. The van der Waals surface area contributed by atoms with Crippen molar-refractivity contribution in [3.63, 3.8) is 0 Å². The third kappa shape index (κ3) is 2.17. The molecule has 2 aromatic heterocycles. The highest BCUT2D eigenvalue weighted by molar-refractivity contribution is 5.46. The average Bonchev–Trinajstić information content (AvgIpc) is 2.77. The lowest BCUT2D eigenvalue weighted by molar-refractivity contribution is -0.00806. The number of β-amino-alcohol motifs (C(OH)–C–C–N with tert-alkyl or cyclic N) is 1. The summed E-state index contributed by atoms with van der Waals surface area (Å²) in [5.74, 6) is 1.05. The topological polar surface area (TPSA) is 75.3 Å². The molecule has 0 saturated carbocycles. The quantitative estimate of drug-likeness (QED) is 0.820. The Balaban J connectivity index is 1.70. The van der Waals surface area contributed by atoms with Gasteiger partial charge in [0.2, 0.25) is 11.7 Å². The van der Waals surface area contributed by atoms with Crippen LogP contribution in [0.3, 0.4) is 0 Å². The third-order valence-corrected chi connectivity index (χ3v) is 2.66. The summed E-state index contributed by atoms with van der Waals surface area (Å²) >= 11 is 0. The Hall–Kier alpha value is -1.79. The molecule has 6 heteroatoms. The Kier molecular flexibility index (Phi) is 2.58. The van der Waals surface area contributed by atoms with Crippen molar-refractivity contribution < 1.29 is 9.63 Å². The SMILES string of the molecule is OC1CN(Cc2nc(-c3ccccn3)no2)C1. The fourth-order valence-electron chi connectivity index (χ4n) is 1.78. The van der Waals surface area contributed by atoms with Crippen molar-refractivity contribution in [2.75, 3.05) is 13.1 Å². The van der Waals surface area contributed by atoms with Crippen LogP contribution in [0.2, 0.25) is 0 Å². The second-order valence-electron chi connectivity index (χ2n) is 4.07. The van der Waals surface area contributed by atoms with E-state index in [9.17, 15) is 0 Å². The lowest BCUT2D eigenvalue weighted by Crippen LogP contribution is -2.49. The Bertz CT molecular complexity index is 493. The summed E-state index contributed by atoms with van der Waals surface area (Å²) in [4.78, 5) is 10.5. The molecule has 0 radical (unpaired) electrons. The second-order valence-corrected chi connectivity index (χ2v) is 4.07. The van der Waals surface area contributed by atoms with Crippen LogP contribution < -0.4 is 0 Å². The molecule has 1 aliphatic heterocycles. The van der Waals surface area contributed by atoms with Gasteiger partial charge >= 0.3 is 0 Å². The fourth-order valence-corrected chi connectivity index (χ4v) is 1.78. The highest BCUT2D eigenvalue weighted by Crippen LogP contribution is 2.15. The molecular weight excluding hydrogens is 220 g/mol. The molecule has 3 heterocycles. The molecule has 0 aliphatic carbocycles. The molecule has 0 amide bonds. The maximum Gasteiger partial charge on any atom is 0.241 e. The summed E-state index contributed by atoms with van der Waals surface area (Å²) in [7, 11) is 0. The first kappa shape index (κ1) is 10.4. The smallest absolute Gasteiger partial charge is 0.241 e. The van der Waals surface area contributed by atoms with E-state index in [-0.39, 0.29) is 6.10 Å². The van der Waals surface area contributed by atoms with Gasteiger partial charge in [0, 0.05) is 19.3 Å². The highest BCUT2D eigenvalue weighted by Gasteiger charge is 2.26. The molecule has 88 valence electrons. The summed E-state index contributed by atoms with van der Waals surface area (Å²) in [5.41, 5.74) is 0.700. The first-order valence-corrected chi connectivity index (χ1v) is 5.45. The Morgan fingerprint density at radius 2 is 2.29 bits per heavy atom. The molecule has 0 aromatic carbocycles. The van der Waals surface area contributed by atoms with Crippen LogP contribution in [0.15, 0.2) is 28.9 Å². The predicted octanol–water partition coefficient (Wildman–Crippen LogP) is 0.308. The standard InChI is InChI=1S/C11H12N4O2/c16-8-5-15(6-8)7-10-13-11(14-17-10)9-3-1-2-4-12-9/h1-4,8,16H,5-7H2. The molecule has 3 rings (SSSR count). The van der Waals surface area contributed by atoms with Gasteiger partial charge < -0.3 is 9.63 Å². The number of nitrogens with zero attached hydrogens (tertiary/aromatic N) is 4. The normalized spacial score (nSPS) is 17.0. The number of aliphatic hydroxyl groups excluding tert-OH is 1. The van der Waals surface area contributed by atoms with Crippen LogP contribution in [0.4, 0.5) is 0 Å². The van der Waals surface area contributed by atoms with Crippen LogP contribution in [0, 0.1) is 0 Å². The number of rotatable bonds is 3. The summed E-state index contributed by atoms with van der Waals surface area (Å²) < 4.78 is 5.14. The van der Waals surface area contributed by atoms with Crippen molar-refractivity contribution in [2.24, 2.45) is 0 Å². The molecule has 1 saturated heterocycles. The van der Waals surface area contributed by atoms with E-state index in [4.69, 9.17) is 9.63 Å². The number of pyridine rings is 1. The van der Waals surface area contributed by atoms with Crippen molar-refractivity contribution in [3.05, 3.63) is 30.3 Å². The molecule has 0 spiro atoms. The maximum absolute atomic E-state index is 9.16. The first-order chi connectivity index (χ1) is 8.31. The van der Waals surface area contributed by atoms with Gasteiger partial charge in [-0.2, -0.15) is 4.98 Å². The molecule has 6 nitrogen and oxygen atoms in total. The van der Waals surface area contributed by atoms with Crippen LogP contribution in [0.25, 0.3) is 11.5 Å². The van der Waals surface area contributed by atoms with Crippen LogP contribution in [0.5, 0.6) is 0 Å². The Labute approximate surface area is 97.9 Å². The van der Waals surface area contributed by atoms with E-state index >= 15 is 0 Å². The average molecular weight is 232 g/mol. The summed E-state index contributed by atoms with van der Waals surface area (Å²) in [5, 5.41) is 13.0. The minimum Gasteiger partial charge on any atom is -0.390 e. The predicted molar refractivity (Wildman–Crippen MR) is 58.8 cm³/mol. The van der Waals surface area contributed by atoms with Gasteiger partial charge in [-0.1, -0.05) is 11.2 Å². The van der Waals surface area contributed by atoms with Crippen molar-refractivity contribution in [3.8, 4) is 11.5 Å². The van der Waals surface area contributed by atoms with E-state index < -0.39 is 0 Å². The molecule has 0 unspecified atom stereocenters. The molecule has 0 atom stereocenters. The van der Waals surface area contributed by atoms with Crippen molar-refractivity contribution in [2.45, 2.75) is 12.6 Å². The largest absolute Gasteiger partial charge is 0.390 e. The van der Waals surface area contributed by atoms with Crippen LogP contribution >= 0.6 is 0 Å². The van der Waals surface area contributed by atoms with Crippen molar-refractivity contribution >= 4 is 0 Å². The van der Waals surface area contributed by atoms with Gasteiger partial charge in [0.25, 0.3) is 0 Å². The van der Waals surface area contributed by atoms with Crippen molar-refractivity contribution in [1.29, 1.82) is 0 Å². The van der Waals surface area contributed by atoms with E-state index in [1.807, 2.05) is 23.1 Å². The zero-order valence-corrected chi connectivity index (χ0v) is 9.15. The molecule has 17 heavy (non-hydrogen) atoms. The zero-order chi connectivity index (χ0) is 11.7. The van der Waals surface area contributed by atoms with E-state index in [1.165, 1.54) is 0 Å². The third-order valence-electron chi connectivity index (χ3n) is 2.66. The molecule has 1 N–H and O–H groups in total. The minimum atomic E-state index is -0.215. The maximum atomic E-state index is 9.16. The Morgan fingerprint density at radius 3 is 3.00 bits per heavy atom. The van der Waals surface area contributed by atoms with Crippen molar-refractivity contribution in [1.82, 2.24) is 20.0 Å².